The normalized spacial score (nSPS) is 14.0. The lowest BCUT2D eigenvalue weighted by molar-refractivity contribution is -0.114. The number of piperazine rings is 1. The summed E-state index contributed by atoms with van der Waals surface area (Å²) in [4.78, 5) is 27.9. The van der Waals surface area contributed by atoms with Gasteiger partial charge in [-0.15, -0.1) is 0 Å². The molecule has 2 aromatic carbocycles. The van der Waals surface area contributed by atoms with E-state index in [1.807, 2.05) is 11.0 Å². The third kappa shape index (κ3) is 5.00. The molecule has 1 heterocycles. The average molecular weight is 366 g/mol. The molecule has 6 nitrogen and oxygen atoms in total. The van der Waals surface area contributed by atoms with Gasteiger partial charge >= 0.3 is 6.03 Å². The van der Waals surface area contributed by atoms with E-state index in [0.29, 0.717) is 24.5 Å². The van der Waals surface area contributed by atoms with Crippen molar-refractivity contribution in [2.24, 2.45) is 0 Å². The number of rotatable bonds is 3. The molecule has 0 aliphatic carbocycles. The second kappa shape index (κ2) is 8.12. The summed E-state index contributed by atoms with van der Waals surface area (Å²) in [5.41, 5.74) is 5.06. The van der Waals surface area contributed by atoms with E-state index in [1.165, 1.54) is 23.7 Å². The first-order valence-electron chi connectivity index (χ1n) is 9.17. The van der Waals surface area contributed by atoms with Gasteiger partial charge in [0.15, 0.2) is 0 Å². The van der Waals surface area contributed by atoms with E-state index in [0.717, 1.165) is 13.1 Å². The maximum Gasteiger partial charge on any atom is 0.321 e. The number of nitrogens with one attached hydrogen (secondary N) is 2. The molecule has 0 atom stereocenters. The number of benzene rings is 2. The smallest absolute Gasteiger partial charge is 0.321 e. The van der Waals surface area contributed by atoms with E-state index >= 15 is 0 Å². The average Bonchev–Trinajstić information content (AvgIpc) is 2.61. The monoisotopic (exact) mass is 366 g/mol. The Balaban J connectivity index is 1.58. The molecule has 0 spiro atoms. The van der Waals surface area contributed by atoms with Crippen LogP contribution in [0, 0.1) is 13.8 Å². The Bertz CT molecular complexity index is 822. The van der Waals surface area contributed by atoms with E-state index in [9.17, 15) is 9.59 Å². The summed E-state index contributed by atoms with van der Waals surface area (Å²) < 4.78 is 0. The van der Waals surface area contributed by atoms with Crippen LogP contribution < -0.4 is 15.5 Å². The topological polar surface area (TPSA) is 64.7 Å². The summed E-state index contributed by atoms with van der Waals surface area (Å²) >= 11 is 0. The van der Waals surface area contributed by atoms with Crippen molar-refractivity contribution in [3.8, 4) is 0 Å². The summed E-state index contributed by atoms with van der Waals surface area (Å²) in [6.45, 7) is 8.63. The first kappa shape index (κ1) is 18.8. The Morgan fingerprint density at radius 2 is 1.44 bits per heavy atom. The highest BCUT2D eigenvalue weighted by Gasteiger charge is 2.21. The zero-order valence-corrected chi connectivity index (χ0v) is 16.1. The van der Waals surface area contributed by atoms with E-state index in [2.05, 4.69) is 47.6 Å². The van der Waals surface area contributed by atoms with Crippen LogP contribution >= 0.6 is 0 Å². The summed E-state index contributed by atoms with van der Waals surface area (Å²) in [5.74, 6) is -0.138. The molecule has 27 heavy (non-hydrogen) atoms. The van der Waals surface area contributed by atoms with Crippen molar-refractivity contribution in [2.75, 3.05) is 41.7 Å². The molecule has 0 unspecified atom stereocenters. The Labute approximate surface area is 160 Å². The molecular formula is C21H26N4O2. The zero-order chi connectivity index (χ0) is 19.4. The van der Waals surface area contributed by atoms with Crippen molar-refractivity contribution in [2.45, 2.75) is 20.8 Å². The van der Waals surface area contributed by atoms with E-state index < -0.39 is 0 Å². The number of aryl methyl sites for hydroxylation is 2. The number of anilines is 3. The highest BCUT2D eigenvalue weighted by atomic mass is 16.2. The van der Waals surface area contributed by atoms with E-state index in [1.54, 1.807) is 18.2 Å². The number of carbonyl (C=O) groups excluding carboxylic acids is 2. The third-order valence-corrected chi connectivity index (χ3v) is 4.57. The summed E-state index contributed by atoms with van der Waals surface area (Å²) in [5, 5.41) is 5.64. The van der Waals surface area contributed by atoms with Crippen LogP contribution in [-0.2, 0) is 4.79 Å². The fourth-order valence-electron chi connectivity index (χ4n) is 3.38. The zero-order valence-electron chi connectivity index (χ0n) is 16.1. The van der Waals surface area contributed by atoms with Gasteiger partial charge in [0, 0.05) is 50.2 Å². The van der Waals surface area contributed by atoms with Crippen molar-refractivity contribution in [1.82, 2.24) is 4.90 Å². The maximum absolute atomic E-state index is 12.6. The standard InChI is InChI=1S/C21H26N4O2/c1-15-11-16(2)13-20(12-15)24-7-9-25(10-8-24)21(27)23-19-6-4-5-18(14-19)22-17(3)26/h4-6,11-14H,7-10H2,1-3H3,(H,22,26)(H,23,27). The first-order chi connectivity index (χ1) is 12.9. The Morgan fingerprint density at radius 1 is 0.852 bits per heavy atom. The molecular weight excluding hydrogens is 340 g/mol. The fraction of sp³-hybridized carbons (Fsp3) is 0.333. The van der Waals surface area contributed by atoms with E-state index in [4.69, 9.17) is 0 Å². The Hall–Kier alpha value is -3.02. The van der Waals surface area contributed by atoms with Crippen LogP contribution in [0.15, 0.2) is 42.5 Å². The van der Waals surface area contributed by atoms with Crippen LogP contribution in [0.1, 0.15) is 18.1 Å². The molecule has 1 fully saturated rings. The van der Waals surface area contributed by atoms with Crippen LogP contribution in [0.25, 0.3) is 0 Å². The molecule has 0 saturated carbocycles. The van der Waals surface area contributed by atoms with Crippen LogP contribution in [0.2, 0.25) is 0 Å². The van der Waals surface area contributed by atoms with Gasteiger partial charge in [-0.05, 0) is 55.3 Å². The molecule has 0 radical (unpaired) electrons. The number of hydrogen-bond donors (Lipinski definition) is 2. The van der Waals surface area contributed by atoms with Crippen LogP contribution in [-0.4, -0.2) is 43.0 Å². The largest absolute Gasteiger partial charge is 0.368 e. The molecule has 1 aliphatic heterocycles. The maximum atomic E-state index is 12.6. The van der Waals surface area contributed by atoms with Gasteiger partial charge in [0.05, 0.1) is 0 Å². The summed E-state index contributed by atoms with van der Waals surface area (Å²) in [6.07, 6.45) is 0. The van der Waals surface area contributed by atoms with Gasteiger partial charge in [0.2, 0.25) is 5.91 Å². The van der Waals surface area contributed by atoms with Crippen molar-refractivity contribution in [3.63, 3.8) is 0 Å². The highest BCUT2D eigenvalue weighted by molar-refractivity contribution is 5.92. The molecule has 2 aromatic rings. The Morgan fingerprint density at radius 3 is 2.04 bits per heavy atom. The SMILES string of the molecule is CC(=O)Nc1cccc(NC(=O)N2CCN(c3cc(C)cc(C)c3)CC2)c1. The van der Waals surface area contributed by atoms with Gasteiger partial charge in [-0.25, -0.2) is 4.79 Å². The molecule has 3 rings (SSSR count). The fourth-order valence-corrected chi connectivity index (χ4v) is 3.38. The third-order valence-electron chi connectivity index (χ3n) is 4.57. The quantitative estimate of drug-likeness (QED) is 0.872. The number of nitrogens with zero attached hydrogens (tertiary/aromatic N) is 2. The predicted molar refractivity (Wildman–Crippen MR) is 109 cm³/mol. The van der Waals surface area contributed by atoms with Crippen LogP contribution in [0.5, 0.6) is 0 Å². The predicted octanol–water partition coefficient (Wildman–Crippen LogP) is 3.62. The highest BCUT2D eigenvalue weighted by Crippen LogP contribution is 2.21. The minimum atomic E-state index is -0.138. The minimum absolute atomic E-state index is 0.116. The van der Waals surface area contributed by atoms with Crippen molar-refractivity contribution in [3.05, 3.63) is 53.6 Å². The van der Waals surface area contributed by atoms with Gasteiger partial charge in [0.1, 0.15) is 0 Å². The second-order valence-electron chi connectivity index (χ2n) is 7.01. The lowest BCUT2D eigenvalue weighted by Crippen LogP contribution is -2.50. The Kier molecular flexibility index (Phi) is 5.64. The van der Waals surface area contributed by atoms with E-state index in [-0.39, 0.29) is 11.9 Å². The first-order valence-corrected chi connectivity index (χ1v) is 9.17. The second-order valence-corrected chi connectivity index (χ2v) is 7.01. The van der Waals surface area contributed by atoms with Gasteiger partial charge in [-0.3, -0.25) is 4.79 Å². The van der Waals surface area contributed by atoms with Crippen LogP contribution in [0.3, 0.4) is 0 Å². The lowest BCUT2D eigenvalue weighted by atomic mass is 10.1. The number of hydrogen-bond acceptors (Lipinski definition) is 3. The number of urea groups is 1. The van der Waals surface area contributed by atoms with Gasteiger partial charge in [0.25, 0.3) is 0 Å². The van der Waals surface area contributed by atoms with Gasteiger partial charge < -0.3 is 20.4 Å². The van der Waals surface area contributed by atoms with Crippen molar-refractivity contribution < 1.29 is 9.59 Å². The molecule has 142 valence electrons. The number of carbonyl (C=O) groups is 2. The van der Waals surface area contributed by atoms with Gasteiger partial charge in [-0.2, -0.15) is 0 Å². The van der Waals surface area contributed by atoms with Gasteiger partial charge in [-0.1, -0.05) is 12.1 Å². The lowest BCUT2D eigenvalue weighted by Gasteiger charge is -2.36. The molecule has 1 aliphatic rings. The van der Waals surface area contributed by atoms with Crippen molar-refractivity contribution >= 4 is 29.0 Å². The van der Waals surface area contributed by atoms with Crippen LogP contribution in [0.4, 0.5) is 21.9 Å². The summed E-state index contributed by atoms with van der Waals surface area (Å²) in [7, 11) is 0. The molecule has 3 amide bonds. The van der Waals surface area contributed by atoms with Crippen molar-refractivity contribution in [1.29, 1.82) is 0 Å². The molecule has 0 aromatic heterocycles. The molecule has 1 saturated heterocycles. The molecule has 2 N–H and O–H groups in total. The number of amides is 3. The minimum Gasteiger partial charge on any atom is -0.368 e. The molecule has 0 bridgehead atoms. The summed E-state index contributed by atoms with van der Waals surface area (Å²) in [6, 6.07) is 13.6. The molecule has 6 heteroatoms.